The normalized spacial score (nSPS) is 20.9. The number of nitrogens with zero attached hydrogens (tertiary/aromatic N) is 3. The summed E-state index contributed by atoms with van der Waals surface area (Å²) >= 11 is 0. The van der Waals surface area contributed by atoms with Gasteiger partial charge in [0.05, 0.1) is 16.6 Å². The summed E-state index contributed by atoms with van der Waals surface area (Å²) in [5, 5.41) is 0.127. The zero-order chi connectivity index (χ0) is 17.0. The standard InChI is InChI=1S/C16H20FN5O2/c17-13-12(20-6-5-10(18)8-20)4-3-11-14(13)21(7-9-1-2-9)16(24)22(19)15(11)23/h3-4,9-10H,1-2,5-8,18-19H2. The number of anilines is 1. The molecule has 1 aromatic heterocycles. The molecule has 4 rings (SSSR count). The van der Waals surface area contributed by atoms with E-state index in [-0.39, 0.29) is 16.9 Å². The Labute approximate surface area is 137 Å². The number of rotatable bonds is 3. The first-order chi connectivity index (χ1) is 11.5. The predicted molar refractivity (Wildman–Crippen MR) is 90.1 cm³/mol. The summed E-state index contributed by atoms with van der Waals surface area (Å²) in [7, 11) is 0. The summed E-state index contributed by atoms with van der Waals surface area (Å²) < 4.78 is 17.1. The van der Waals surface area contributed by atoms with Crippen LogP contribution in [-0.4, -0.2) is 28.4 Å². The molecule has 0 radical (unpaired) electrons. The van der Waals surface area contributed by atoms with Gasteiger partial charge in [-0.15, -0.1) is 0 Å². The van der Waals surface area contributed by atoms with Gasteiger partial charge in [0.1, 0.15) is 0 Å². The number of hydrogen-bond acceptors (Lipinski definition) is 5. The topological polar surface area (TPSA) is 99.3 Å². The maximum Gasteiger partial charge on any atom is 0.350 e. The van der Waals surface area contributed by atoms with Gasteiger partial charge in [-0.05, 0) is 37.3 Å². The first kappa shape index (κ1) is 15.2. The molecule has 1 aliphatic heterocycles. The second-order valence-electron chi connectivity index (χ2n) is 6.80. The first-order valence-corrected chi connectivity index (χ1v) is 8.21. The monoisotopic (exact) mass is 333 g/mol. The van der Waals surface area contributed by atoms with Crippen LogP contribution in [0.25, 0.3) is 10.9 Å². The van der Waals surface area contributed by atoms with Crippen LogP contribution in [0.15, 0.2) is 21.7 Å². The van der Waals surface area contributed by atoms with E-state index in [2.05, 4.69) is 0 Å². The van der Waals surface area contributed by atoms with E-state index in [1.807, 2.05) is 4.90 Å². The summed E-state index contributed by atoms with van der Waals surface area (Å²) in [5.74, 6) is 5.39. The molecule has 24 heavy (non-hydrogen) atoms. The largest absolute Gasteiger partial charge is 0.367 e. The average Bonchev–Trinajstić information content (AvgIpc) is 3.28. The average molecular weight is 333 g/mol. The van der Waals surface area contributed by atoms with Crippen LogP contribution in [0, 0.1) is 11.7 Å². The van der Waals surface area contributed by atoms with E-state index < -0.39 is 17.1 Å². The summed E-state index contributed by atoms with van der Waals surface area (Å²) in [4.78, 5) is 26.5. The quantitative estimate of drug-likeness (QED) is 0.768. The van der Waals surface area contributed by atoms with Gasteiger partial charge < -0.3 is 16.5 Å². The molecule has 1 atom stereocenters. The molecule has 1 unspecified atom stereocenters. The van der Waals surface area contributed by atoms with E-state index in [9.17, 15) is 9.59 Å². The Morgan fingerprint density at radius 3 is 2.58 bits per heavy atom. The number of fused-ring (bicyclic) bond motifs is 1. The lowest BCUT2D eigenvalue weighted by Crippen LogP contribution is -2.45. The third-order valence-corrected chi connectivity index (χ3v) is 4.95. The molecular formula is C16H20FN5O2. The van der Waals surface area contributed by atoms with E-state index in [1.165, 1.54) is 4.57 Å². The molecule has 0 amide bonds. The zero-order valence-corrected chi connectivity index (χ0v) is 13.2. The Hall–Kier alpha value is -2.35. The van der Waals surface area contributed by atoms with Crippen molar-refractivity contribution in [2.45, 2.75) is 31.8 Å². The summed E-state index contributed by atoms with van der Waals surface area (Å²) in [6.07, 6.45) is 2.79. The fourth-order valence-electron chi connectivity index (χ4n) is 3.41. The molecule has 2 aromatic rings. The lowest BCUT2D eigenvalue weighted by molar-refractivity contribution is 0.565. The van der Waals surface area contributed by atoms with Crippen molar-refractivity contribution in [2.24, 2.45) is 11.7 Å². The van der Waals surface area contributed by atoms with Gasteiger partial charge in [-0.1, -0.05) is 0 Å². The van der Waals surface area contributed by atoms with E-state index in [0.29, 0.717) is 35.9 Å². The van der Waals surface area contributed by atoms with Crippen molar-refractivity contribution < 1.29 is 4.39 Å². The van der Waals surface area contributed by atoms with Crippen molar-refractivity contribution in [3.63, 3.8) is 0 Å². The first-order valence-electron chi connectivity index (χ1n) is 8.21. The molecule has 2 heterocycles. The number of aromatic nitrogens is 2. The fourth-order valence-corrected chi connectivity index (χ4v) is 3.41. The molecule has 2 fully saturated rings. The highest BCUT2D eigenvalue weighted by atomic mass is 19.1. The van der Waals surface area contributed by atoms with Crippen LogP contribution in [0.2, 0.25) is 0 Å². The highest BCUT2D eigenvalue weighted by Crippen LogP contribution is 2.32. The van der Waals surface area contributed by atoms with Gasteiger partial charge in [0.15, 0.2) is 5.82 Å². The molecule has 1 aromatic carbocycles. The van der Waals surface area contributed by atoms with Crippen molar-refractivity contribution in [1.82, 2.24) is 9.24 Å². The van der Waals surface area contributed by atoms with Crippen LogP contribution < -0.4 is 27.7 Å². The van der Waals surface area contributed by atoms with Crippen LogP contribution in [0.5, 0.6) is 0 Å². The molecule has 4 N–H and O–H groups in total. The van der Waals surface area contributed by atoms with Gasteiger partial charge in [0.25, 0.3) is 5.56 Å². The molecule has 128 valence electrons. The number of hydrogen-bond donors (Lipinski definition) is 2. The maximum atomic E-state index is 15.2. The SMILES string of the molecule is NC1CCN(c2ccc3c(=O)n(N)c(=O)n(CC4CC4)c3c2F)C1. The number of nitrogen functional groups attached to an aromatic ring is 1. The molecular weight excluding hydrogens is 313 g/mol. The predicted octanol–water partition coefficient (Wildman–Crippen LogP) is -0.0365. The number of benzene rings is 1. The molecule has 1 saturated heterocycles. The molecule has 1 aliphatic carbocycles. The van der Waals surface area contributed by atoms with Crippen LogP contribution in [0.4, 0.5) is 10.1 Å². The molecule has 7 nitrogen and oxygen atoms in total. The molecule has 1 saturated carbocycles. The Morgan fingerprint density at radius 1 is 1.21 bits per heavy atom. The van der Waals surface area contributed by atoms with Gasteiger partial charge in [0, 0.05) is 25.7 Å². The van der Waals surface area contributed by atoms with Crippen molar-refractivity contribution in [1.29, 1.82) is 0 Å². The lowest BCUT2D eigenvalue weighted by Gasteiger charge is -2.21. The summed E-state index contributed by atoms with van der Waals surface area (Å²) in [6.45, 7) is 1.60. The van der Waals surface area contributed by atoms with Crippen molar-refractivity contribution in [3.8, 4) is 0 Å². The second-order valence-corrected chi connectivity index (χ2v) is 6.80. The van der Waals surface area contributed by atoms with E-state index in [1.54, 1.807) is 12.1 Å². The van der Waals surface area contributed by atoms with E-state index in [0.717, 1.165) is 19.3 Å². The Bertz CT molecular complexity index is 931. The van der Waals surface area contributed by atoms with E-state index >= 15 is 4.39 Å². The van der Waals surface area contributed by atoms with Crippen molar-refractivity contribution >= 4 is 16.6 Å². The van der Waals surface area contributed by atoms with Crippen molar-refractivity contribution in [2.75, 3.05) is 23.8 Å². The molecule has 8 heteroatoms. The smallest absolute Gasteiger partial charge is 0.350 e. The van der Waals surface area contributed by atoms with Crippen LogP contribution in [0.3, 0.4) is 0 Å². The fraction of sp³-hybridized carbons (Fsp3) is 0.500. The third kappa shape index (κ3) is 2.29. The summed E-state index contributed by atoms with van der Waals surface area (Å²) in [5.41, 5.74) is 5.00. The van der Waals surface area contributed by atoms with Crippen LogP contribution >= 0.6 is 0 Å². The highest BCUT2D eigenvalue weighted by Gasteiger charge is 2.28. The Morgan fingerprint density at radius 2 is 1.96 bits per heavy atom. The minimum absolute atomic E-state index is 0.00537. The third-order valence-electron chi connectivity index (χ3n) is 4.95. The molecule has 0 bridgehead atoms. The van der Waals surface area contributed by atoms with Gasteiger partial charge in [-0.3, -0.25) is 9.36 Å². The van der Waals surface area contributed by atoms with Gasteiger partial charge in [-0.2, -0.15) is 4.68 Å². The lowest BCUT2D eigenvalue weighted by atomic mass is 10.2. The Kier molecular flexibility index (Phi) is 3.38. The molecule has 2 aliphatic rings. The number of halogens is 1. The second kappa shape index (κ2) is 5.34. The van der Waals surface area contributed by atoms with Gasteiger partial charge >= 0.3 is 5.69 Å². The summed E-state index contributed by atoms with van der Waals surface area (Å²) in [6, 6.07) is 3.13. The molecule has 0 spiro atoms. The van der Waals surface area contributed by atoms with Crippen LogP contribution in [0.1, 0.15) is 19.3 Å². The van der Waals surface area contributed by atoms with Gasteiger partial charge in [-0.25, -0.2) is 9.18 Å². The zero-order valence-electron chi connectivity index (χ0n) is 13.2. The highest BCUT2D eigenvalue weighted by molar-refractivity contribution is 5.83. The van der Waals surface area contributed by atoms with Gasteiger partial charge in [0.2, 0.25) is 0 Å². The minimum atomic E-state index is -0.675. The Balaban J connectivity index is 1.97. The number of nitrogens with two attached hydrogens (primary N) is 2. The minimum Gasteiger partial charge on any atom is -0.367 e. The van der Waals surface area contributed by atoms with Crippen LogP contribution in [-0.2, 0) is 6.54 Å². The van der Waals surface area contributed by atoms with E-state index in [4.69, 9.17) is 11.6 Å². The maximum absolute atomic E-state index is 15.2. The van der Waals surface area contributed by atoms with Crippen molar-refractivity contribution in [3.05, 3.63) is 38.8 Å².